The summed E-state index contributed by atoms with van der Waals surface area (Å²) >= 11 is 0. The van der Waals surface area contributed by atoms with Crippen molar-refractivity contribution in [2.75, 3.05) is 30.3 Å². The van der Waals surface area contributed by atoms with Gasteiger partial charge in [-0.2, -0.15) is 0 Å². The van der Waals surface area contributed by atoms with Crippen LogP contribution in [0.15, 0.2) is 42.5 Å². The number of amides is 2. The lowest BCUT2D eigenvalue weighted by Crippen LogP contribution is -2.39. The lowest BCUT2D eigenvalue weighted by atomic mass is 9.90. The highest BCUT2D eigenvalue weighted by molar-refractivity contribution is 6.03. The van der Waals surface area contributed by atoms with Crippen molar-refractivity contribution in [3.8, 4) is 0 Å². The first kappa shape index (κ1) is 18.0. The van der Waals surface area contributed by atoms with Crippen LogP contribution in [-0.2, 0) is 4.79 Å². The average Bonchev–Trinajstić information content (AvgIpc) is 2.73. The summed E-state index contributed by atoms with van der Waals surface area (Å²) in [6.07, 6.45) is 1.85. The number of likely N-dealkylation sites (tertiary alicyclic amines) is 1. The van der Waals surface area contributed by atoms with Crippen molar-refractivity contribution >= 4 is 29.2 Å². The van der Waals surface area contributed by atoms with Crippen LogP contribution in [0, 0.1) is 0 Å². The highest BCUT2D eigenvalue weighted by Gasteiger charge is 2.26. The molecular weight excluding hydrogens is 358 g/mol. The number of nitrogens with zero attached hydrogens (tertiary/aromatic N) is 1. The minimum absolute atomic E-state index is 0.0607. The van der Waals surface area contributed by atoms with Gasteiger partial charge < -0.3 is 20.6 Å². The highest BCUT2D eigenvalue weighted by atomic mass is 16.4. The third-order valence-corrected chi connectivity index (χ3v) is 5.32. The Bertz CT molecular complexity index is 939. The van der Waals surface area contributed by atoms with Crippen molar-refractivity contribution in [3.05, 3.63) is 59.2 Å². The van der Waals surface area contributed by atoms with Gasteiger partial charge in [-0.25, -0.2) is 4.79 Å². The second-order valence-corrected chi connectivity index (χ2v) is 7.18. The van der Waals surface area contributed by atoms with E-state index in [0.29, 0.717) is 24.3 Å². The van der Waals surface area contributed by atoms with E-state index in [2.05, 4.69) is 10.6 Å². The molecule has 7 heteroatoms. The summed E-state index contributed by atoms with van der Waals surface area (Å²) in [7, 11) is 0. The predicted molar refractivity (Wildman–Crippen MR) is 105 cm³/mol. The number of rotatable bonds is 3. The molecule has 2 aliphatic heterocycles. The first-order valence-electron chi connectivity index (χ1n) is 9.31. The van der Waals surface area contributed by atoms with Crippen LogP contribution < -0.4 is 10.6 Å². The van der Waals surface area contributed by atoms with Gasteiger partial charge in [-0.3, -0.25) is 9.59 Å². The number of nitrogens with one attached hydrogen (secondary N) is 2. The molecule has 2 amide bonds. The Balaban J connectivity index is 1.50. The number of hydrogen-bond donors (Lipinski definition) is 3. The van der Waals surface area contributed by atoms with Crippen molar-refractivity contribution in [2.45, 2.75) is 18.8 Å². The van der Waals surface area contributed by atoms with E-state index in [9.17, 15) is 14.4 Å². The molecule has 0 aliphatic carbocycles. The molecule has 0 spiro atoms. The summed E-state index contributed by atoms with van der Waals surface area (Å²) in [6.45, 7) is 1.51. The van der Waals surface area contributed by atoms with Gasteiger partial charge in [0.05, 0.1) is 23.5 Å². The Morgan fingerprint density at radius 3 is 2.54 bits per heavy atom. The molecule has 2 aliphatic rings. The van der Waals surface area contributed by atoms with Crippen molar-refractivity contribution in [1.82, 2.24) is 4.90 Å². The number of piperidine rings is 1. The third kappa shape index (κ3) is 3.55. The number of aromatic carboxylic acids is 1. The molecule has 1 unspecified atom stereocenters. The van der Waals surface area contributed by atoms with E-state index >= 15 is 0 Å². The maximum absolute atomic E-state index is 13.0. The minimum Gasteiger partial charge on any atom is -0.478 e. The summed E-state index contributed by atoms with van der Waals surface area (Å²) in [5.74, 6) is -0.949. The fraction of sp³-hybridized carbons (Fsp3) is 0.286. The maximum Gasteiger partial charge on any atom is 0.335 e. The lowest BCUT2D eigenvalue weighted by molar-refractivity contribution is -0.114. The minimum atomic E-state index is -0.944. The molecule has 0 aromatic heterocycles. The molecule has 2 aromatic carbocycles. The van der Waals surface area contributed by atoms with Gasteiger partial charge in [0.2, 0.25) is 5.91 Å². The summed E-state index contributed by atoms with van der Waals surface area (Å²) < 4.78 is 0. The molecule has 3 N–H and O–H groups in total. The van der Waals surface area contributed by atoms with Crippen LogP contribution in [0.25, 0.3) is 0 Å². The number of hydrogen-bond acceptors (Lipinski definition) is 4. The SMILES string of the molecule is O=C1CNc2ccc(C(=O)N3CCCC(c4ccc(C(=O)O)cc4)C3)cc2N1. The van der Waals surface area contributed by atoms with Crippen LogP contribution in [0.1, 0.15) is 45.0 Å². The molecule has 4 rings (SSSR count). The third-order valence-electron chi connectivity index (χ3n) is 5.32. The molecule has 0 radical (unpaired) electrons. The lowest BCUT2D eigenvalue weighted by Gasteiger charge is -2.33. The van der Waals surface area contributed by atoms with E-state index < -0.39 is 5.97 Å². The summed E-state index contributed by atoms with van der Waals surface area (Å²) in [4.78, 5) is 37.4. The van der Waals surface area contributed by atoms with Crippen molar-refractivity contribution in [1.29, 1.82) is 0 Å². The quantitative estimate of drug-likeness (QED) is 0.762. The van der Waals surface area contributed by atoms with Gasteiger partial charge in [-0.1, -0.05) is 12.1 Å². The van der Waals surface area contributed by atoms with E-state index in [1.54, 1.807) is 24.3 Å². The number of fused-ring (bicyclic) bond motifs is 1. The molecule has 1 saturated heterocycles. The van der Waals surface area contributed by atoms with Gasteiger partial charge in [-0.15, -0.1) is 0 Å². The second kappa shape index (κ2) is 7.34. The molecule has 144 valence electrons. The fourth-order valence-corrected chi connectivity index (χ4v) is 3.82. The fourth-order valence-electron chi connectivity index (χ4n) is 3.82. The summed E-state index contributed by atoms with van der Waals surface area (Å²) in [5.41, 5.74) is 3.29. The Morgan fingerprint density at radius 2 is 1.79 bits per heavy atom. The standard InChI is InChI=1S/C21H21N3O4/c25-19-11-22-17-8-7-15(10-18(17)23-19)20(26)24-9-1-2-16(12-24)13-3-5-14(6-4-13)21(27)28/h3-8,10,16,22H,1-2,9,11-12H2,(H,23,25)(H,27,28). The van der Waals surface area contributed by atoms with Gasteiger partial charge in [-0.05, 0) is 48.7 Å². The van der Waals surface area contributed by atoms with Gasteiger partial charge in [0.15, 0.2) is 0 Å². The van der Waals surface area contributed by atoms with Crippen LogP contribution in [0.4, 0.5) is 11.4 Å². The van der Waals surface area contributed by atoms with Crippen molar-refractivity contribution in [3.63, 3.8) is 0 Å². The van der Waals surface area contributed by atoms with E-state index in [-0.39, 0.29) is 29.8 Å². The molecule has 0 saturated carbocycles. The normalized spacial score (nSPS) is 18.6. The zero-order chi connectivity index (χ0) is 19.7. The van der Waals surface area contributed by atoms with E-state index in [4.69, 9.17) is 5.11 Å². The average molecular weight is 379 g/mol. The Kier molecular flexibility index (Phi) is 4.73. The first-order chi connectivity index (χ1) is 13.5. The molecule has 28 heavy (non-hydrogen) atoms. The van der Waals surface area contributed by atoms with Gasteiger partial charge in [0.1, 0.15) is 0 Å². The molecule has 0 bridgehead atoms. The monoisotopic (exact) mass is 379 g/mol. The summed E-state index contributed by atoms with van der Waals surface area (Å²) in [5, 5.41) is 14.9. The van der Waals surface area contributed by atoms with Crippen molar-refractivity contribution in [2.24, 2.45) is 0 Å². The Labute approximate surface area is 162 Å². The molecule has 1 fully saturated rings. The molecule has 7 nitrogen and oxygen atoms in total. The number of carboxylic acids is 1. The van der Waals surface area contributed by atoms with Gasteiger partial charge >= 0.3 is 5.97 Å². The van der Waals surface area contributed by atoms with Crippen LogP contribution in [0.2, 0.25) is 0 Å². The van der Waals surface area contributed by atoms with Crippen molar-refractivity contribution < 1.29 is 19.5 Å². The summed E-state index contributed by atoms with van der Waals surface area (Å²) in [6, 6.07) is 12.2. The van der Waals surface area contributed by atoms with Gasteiger partial charge in [0, 0.05) is 24.6 Å². The zero-order valence-electron chi connectivity index (χ0n) is 15.3. The predicted octanol–water partition coefficient (Wildman–Crippen LogP) is 2.77. The Morgan fingerprint density at radius 1 is 1.04 bits per heavy atom. The van der Waals surface area contributed by atoms with Crippen LogP contribution >= 0.6 is 0 Å². The van der Waals surface area contributed by atoms with E-state index in [1.807, 2.05) is 23.1 Å². The largest absolute Gasteiger partial charge is 0.478 e. The number of anilines is 2. The van der Waals surface area contributed by atoms with Crippen LogP contribution in [0.3, 0.4) is 0 Å². The van der Waals surface area contributed by atoms with Crippen LogP contribution in [0.5, 0.6) is 0 Å². The molecule has 2 aromatic rings. The number of benzene rings is 2. The Hall–Kier alpha value is -3.35. The number of carbonyl (C=O) groups excluding carboxylic acids is 2. The molecule has 1 atom stereocenters. The maximum atomic E-state index is 13.0. The van der Waals surface area contributed by atoms with E-state index in [1.165, 1.54) is 0 Å². The zero-order valence-corrected chi connectivity index (χ0v) is 15.3. The topological polar surface area (TPSA) is 98.7 Å². The number of carbonyl (C=O) groups is 3. The van der Waals surface area contributed by atoms with E-state index in [0.717, 1.165) is 24.1 Å². The number of carboxylic acid groups (broad SMARTS) is 1. The molecule has 2 heterocycles. The second-order valence-electron chi connectivity index (χ2n) is 7.18. The van der Waals surface area contributed by atoms with Crippen LogP contribution in [-0.4, -0.2) is 47.4 Å². The highest BCUT2D eigenvalue weighted by Crippen LogP contribution is 2.30. The smallest absolute Gasteiger partial charge is 0.335 e. The first-order valence-corrected chi connectivity index (χ1v) is 9.31. The molecular formula is C21H21N3O4. The van der Waals surface area contributed by atoms with Gasteiger partial charge in [0.25, 0.3) is 5.91 Å².